The maximum Gasteiger partial charge on any atom is 0.231 e. The van der Waals surface area contributed by atoms with Crippen LogP contribution in [0.1, 0.15) is 32.6 Å². The number of fused-ring (bicyclic) bond motifs is 4. The number of methoxy groups -OCH3 is 2. The number of ketones is 1. The number of hydrogen-bond acceptors (Lipinski definition) is 8. The zero-order valence-corrected chi connectivity index (χ0v) is 21.1. The van der Waals surface area contributed by atoms with Crippen LogP contribution in [0.5, 0.6) is 28.7 Å². The van der Waals surface area contributed by atoms with Crippen LogP contribution in [0.2, 0.25) is 5.02 Å². The molecule has 3 heterocycles. The lowest BCUT2D eigenvalue weighted by atomic mass is 10.0. The van der Waals surface area contributed by atoms with Crippen LogP contribution in [-0.2, 0) is 24.4 Å². The van der Waals surface area contributed by atoms with Gasteiger partial charge in [-0.1, -0.05) is 17.7 Å². The molecule has 0 radical (unpaired) electrons. The molecule has 3 aliphatic heterocycles. The Morgan fingerprint density at radius 1 is 1.03 bits per heavy atom. The second-order valence-electron chi connectivity index (χ2n) is 8.90. The highest BCUT2D eigenvalue weighted by molar-refractivity contribution is 6.31. The lowest BCUT2D eigenvalue weighted by molar-refractivity contribution is -0.0165. The predicted octanol–water partition coefficient (Wildman–Crippen LogP) is 5.19. The number of halogens is 1. The quantitative estimate of drug-likeness (QED) is 0.425. The third-order valence-corrected chi connectivity index (χ3v) is 6.74. The van der Waals surface area contributed by atoms with Gasteiger partial charge in [0.15, 0.2) is 24.1 Å². The molecular weight excluding hydrogens is 498 g/mol. The van der Waals surface area contributed by atoms with Gasteiger partial charge in [-0.05, 0) is 48.0 Å². The summed E-state index contributed by atoms with van der Waals surface area (Å²) >= 11 is 6.30. The fourth-order valence-electron chi connectivity index (χ4n) is 4.80. The van der Waals surface area contributed by atoms with Gasteiger partial charge >= 0.3 is 0 Å². The van der Waals surface area contributed by atoms with Crippen molar-refractivity contribution in [3.63, 3.8) is 0 Å². The molecule has 0 bridgehead atoms. The Labute approximate surface area is 218 Å². The molecule has 9 heteroatoms. The molecule has 0 aromatic heterocycles. The molecule has 0 amide bonds. The summed E-state index contributed by atoms with van der Waals surface area (Å²) in [5.74, 6) is 3.22. The molecule has 0 N–H and O–H groups in total. The summed E-state index contributed by atoms with van der Waals surface area (Å²) in [6, 6.07) is 12.9. The SMILES string of the molecule is COc1ccc(CN2COc3ccc4c(c3C2)O/C(=C\c2cc(Cl)cc3c2OCOC3)C4=O)cc1OC. The fraction of sp³-hybridized carbons (Fsp3) is 0.250. The second-order valence-corrected chi connectivity index (χ2v) is 9.34. The average molecular weight is 522 g/mol. The number of rotatable bonds is 5. The normalized spacial score (nSPS) is 17.3. The first kappa shape index (κ1) is 23.7. The summed E-state index contributed by atoms with van der Waals surface area (Å²) in [4.78, 5) is 15.4. The van der Waals surface area contributed by atoms with Crippen LogP contribution in [0, 0.1) is 0 Å². The van der Waals surface area contributed by atoms with E-state index in [0.717, 1.165) is 16.7 Å². The largest absolute Gasteiger partial charge is 0.493 e. The number of carbonyl (C=O) groups is 1. The van der Waals surface area contributed by atoms with Crippen LogP contribution in [0.15, 0.2) is 48.2 Å². The van der Waals surface area contributed by atoms with Gasteiger partial charge in [0.05, 0.1) is 32.0 Å². The molecule has 3 aromatic carbocycles. The smallest absolute Gasteiger partial charge is 0.231 e. The van der Waals surface area contributed by atoms with E-state index >= 15 is 0 Å². The van der Waals surface area contributed by atoms with Gasteiger partial charge in [0.1, 0.15) is 24.0 Å². The van der Waals surface area contributed by atoms with Crippen LogP contribution in [0.3, 0.4) is 0 Å². The number of Topliss-reactive ketones (excluding diaryl/α,β-unsaturated/α-hetero) is 1. The van der Waals surface area contributed by atoms with Crippen molar-refractivity contribution < 1.29 is 33.2 Å². The van der Waals surface area contributed by atoms with Crippen molar-refractivity contribution in [1.29, 1.82) is 0 Å². The standard InChI is InChI=1S/C28H24ClNO7/c1-32-23-5-3-16(7-24(23)33-2)11-30-12-21-22(35-14-30)6-4-20-26(31)25(37-28(20)21)10-17-8-19(29)9-18-13-34-15-36-27(17)18/h3-10H,11-15H2,1-2H3/b25-10-. The van der Waals surface area contributed by atoms with E-state index in [9.17, 15) is 4.79 Å². The van der Waals surface area contributed by atoms with Gasteiger partial charge in [-0.25, -0.2) is 0 Å². The zero-order chi connectivity index (χ0) is 25.5. The first-order valence-corrected chi connectivity index (χ1v) is 12.1. The van der Waals surface area contributed by atoms with Crippen LogP contribution >= 0.6 is 11.6 Å². The summed E-state index contributed by atoms with van der Waals surface area (Å²) in [6.45, 7) is 2.11. The molecule has 8 nitrogen and oxygen atoms in total. The minimum absolute atomic E-state index is 0.139. The summed E-state index contributed by atoms with van der Waals surface area (Å²) in [7, 11) is 3.23. The van der Waals surface area contributed by atoms with Crippen molar-refractivity contribution in [3.8, 4) is 28.7 Å². The molecule has 190 valence electrons. The highest BCUT2D eigenvalue weighted by Gasteiger charge is 2.34. The van der Waals surface area contributed by atoms with E-state index in [0.29, 0.717) is 71.3 Å². The van der Waals surface area contributed by atoms with Gasteiger partial charge in [-0.2, -0.15) is 0 Å². The fourth-order valence-corrected chi connectivity index (χ4v) is 5.05. The second kappa shape index (κ2) is 9.63. The number of carbonyl (C=O) groups excluding carboxylic acids is 1. The van der Waals surface area contributed by atoms with Crippen molar-refractivity contribution in [2.24, 2.45) is 0 Å². The van der Waals surface area contributed by atoms with Crippen molar-refractivity contribution >= 4 is 23.5 Å². The number of allylic oxidation sites excluding steroid dienone is 1. The lowest BCUT2D eigenvalue weighted by Gasteiger charge is -2.30. The minimum Gasteiger partial charge on any atom is -0.493 e. The van der Waals surface area contributed by atoms with Gasteiger partial charge in [0.25, 0.3) is 0 Å². The molecule has 3 aliphatic rings. The van der Waals surface area contributed by atoms with Crippen LogP contribution in [0.4, 0.5) is 0 Å². The van der Waals surface area contributed by atoms with Crippen molar-refractivity contribution in [2.45, 2.75) is 19.7 Å². The first-order chi connectivity index (χ1) is 18.0. The molecule has 0 unspecified atom stereocenters. The molecule has 0 atom stereocenters. The minimum atomic E-state index is -0.199. The Hall–Kier alpha value is -3.72. The zero-order valence-electron chi connectivity index (χ0n) is 20.3. The molecule has 0 saturated heterocycles. The Morgan fingerprint density at radius 2 is 1.89 bits per heavy atom. The van der Waals surface area contributed by atoms with E-state index in [2.05, 4.69) is 4.90 Å². The predicted molar refractivity (Wildman–Crippen MR) is 135 cm³/mol. The lowest BCUT2D eigenvalue weighted by Crippen LogP contribution is -2.31. The molecular formula is C28H24ClNO7. The van der Waals surface area contributed by atoms with Crippen LogP contribution < -0.4 is 23.7 Å². The first-order valence-electron chi connectivity index (χ1n) is 11.7. The highest BCUT2D eigenvalue weighted by atomic mass is 35.5. The van der Waals surface area contributed by atoms with Crippen LogP contribution in [0.25, 0.3) is 6.08 Å². The Balaban J connectivity index is 1.28. The number of hydrogen-bond donors (Lipinski definition) is 0. The summed E-state index contributed by atoms with van der Waals surface area (Å²) < 4.78 is 34.0. The van der Waals surface area contributed by atoms with E-state index in [1.165, 1.54) is 0 Å². The summed E-state index contributed by atoms with van der Waals surface area (Å²) in [6.07, 6.45) is 1.68. The Morgan fingerprint density at radius 3 is 2.73 bits per heavy atom. The molecule has 0 spiro atoms. The summed E-state index contributed by atoms with van der Waals surface area (Å²) in [5.41, 5.74) is 3.87. The number of benzene rings is 3. The molecule has 0 saturated carbocycles. The van der Waals surface area contributed by atoms with Crippen molar-refractivity contribution in [3.05, 3.63) is 81.1 Å². The Kier molecular flexibility index (Phi) is 6.16. The van der Waals surface area contributed by atoms with Gasteiger partial charge in [0, 0.05) is 29.2 Å². The van der Waals surface area contributed by atoms with E-state index in [1.807, 2.05) is 24.3 Å². The van der Waals surface area contributed by atoms with Gasteiger partial charge < -0.3 is 28.4 Å². The maximum absolute atomic E-state index is 13.3. The molecule has 6 rings (SSSR count). The third-order valence-electron chi connectivity index (χ3n) is 6.53. The number of nitrogens with zero attached hydrogens (tertiary/aromatic N) is 1. The van der Waals surface area contributed by atoms with Crippen molar-refractivity contribution in [1.82, 2.24) is 4.90 Å². The van der Waals surface area contributed by atoms with E-state index in [-0.39, 0.29) is 18.3 Å². The van der Waals surface area contributed by atoms with E-state index in [1.54, 1.807) is 38.5 Å². The average Bonchev–Trinajstić information content (AvgIpc) is 3.23. The monoisotopic (exact) mass is 521 g/mol. The van der Waals surface area contributed by atoms with E-state index in [4.69, 9.17) is 40.0 Å². The molecule has 0 aliphatic carbocycles. The molecule has 3 aromatic rings. The maximum atomic E-state index is 13.3. The molecule has 37 heavy (non-hydrogen) atoms. The summed E-state index contributed by atoms with van der Waals surface area (Å²) in [5, 5.41) is 0.527. The van der Waals surface area contributed by atoms with Crippen molar-refractivity contribution in [2.75, 3.05) is 27.7 Å². The van der Waals surface area contributed by atoms with Gasteiger partial charge in [-0.15, -0.1) is 0 Å². The Bertz CT molecular complexity index is 1430. The van der Waals surface area contributed by atoms with Crippen LogP contribution in [-0.4, -0.2) is 38.4 Å². The van der Waals surface area contributed by atoms with E-state index < -0.39 is 0 Å². The number of ether oxygens (including phenoxy) is 6. The van der Waals surface area contributed by atoms with Gasteiger partial charge in [0.2, 0.25) is 5.78 Å². The molecule has 0 fully saturated rings. The topological polar surface area (TPSA) is 75.7 Å². The highest BCUT2D eigenvalue weighted by Crippen LogP contribution is 2.43. The van der Waals surface area contributed by atoms with Gasteiger partial charge in [-0.3, -0.25) is 9.69 Å². The third kappa shape index (κ3) is 4.37.